The van der Waals surface area contributed by atoms with E-state index < -0.39 is 16.8 Å². The third-order valence-electron chi connectivity index (χ3n) is 4.24. The predicted octanol–water partition coefficient (Wildman–Crippen LogP) is 3.44. The molecule has 0 bridgehead atoms. The van der Waals surface area contributed by atoms with Crippen molar-refractivity contribution in [3.05, 3.63) is 75.0 Å². The molecule has 1 aliphatic heterocycles. The Morgan fingerprint density at radius 3 is 2.61 bits per heavy atom. The van der Waals surface area contributed by atoms with Gasteiger partial charge in [0, 0.05) is 23.1 Å². The number of phenolic OH excluding ortho intramolecular Hbond substituents is 2. The second-order valence-corrected chi connectivity index (χ2v) is 7.09. The van der Waals surface area contributed by atoms with Crippen molar-refractivity contribution < 1.29 is 24.2 Å². The minimum atomic E-state index is -0.648. The van der Waals surface area contributed by atoms with Crippen molar-refractivity contribution in [2.45, 2.75) is 6.54 Å². The van der Waals surface area contributed by atoms with E-state index in [-0.39, 0.29) is 28.5 Å². The monoisotopic (exact) mass is 395 g/mol. The highest BCUT2D eigenvalue weighted by molar-refractivity contribution is 8.18. The molecule has 2 aromatic carbocycles. The fraction of sp³-hybridized carbons (Fsp3) is 0.0500. The number of para-hydroxylation sites is 1. The Morgan fingerprint density at radius 1 is 1.04 bits per heavy atom. The van der Waals surface area contributed by atoms with E-state index in [1.54, 1.807) is 24.3 Å². The molecule has 0 aliphatic carbocycles. The third-order valence-corrected chi connectivity index (χ3v) is 5.15. The average Bonchev–Trinajstić information content (AvgIpc) is 2.90. The summed E-state index contributed by atoms with van der Waals surface area (Å²) in [5, 5.41) is 19.5. The molecule has 1 fully saturated rings. The van der Waals surface area contributed by atoms with Crippen LogP contribution in [0.3, 0.4) is 0 Å². The lowest BCUT2D eigenvalue weighted by molar-refractivity contribution is -0.123. The molecule has 8 heteroatoms. The number of nitrogens with zero attached hydrogens (tertiary/aromatic N) is 1. The van der Waals surface area contributed by atoms with Gasteiger partial charge in [0.15, 0.2) is 0 Å². The molecule has 0 saturated carbocycles. The van der Waals surface area contributed by atoms with Crippen molar-refractivity contribution in [2.75, 3.05) is 0 Å². The van der Waals surface area contributed by atoms with Crippen molar-refractivity contribution >= 4 is 40.0 Å². The number of hydrogen-bond acceptors (Lipinski definition) is 7. The number of aromatic hydroxyl groups is 2. The first kappa shape index (κ1) is 17.9. The fourth-order valence-corrected chi connectivity index (χ4v) is 3.74. The van der Waals surface area contributed by atoms with Gasteiger partial charge in [-0.25, -0.2) is 4.79 Å². The smallest absolute Gasteiger partial charge is 0.336 e. The molecule has 0 radical (unpaired) electrons. The van der Waals surface area contributed by atoms with Gasteiger partial charge >= 0.3 is 5.63 Å². The molecule has 28 heavy (non-hydrogen) atoms. The number of amides is 2. The maximum Gasteiger partial charge on any atom is 0.336 e. The largest absolute Gasteiger partial charge is 0.508 e. The SMILES string of the molecule is O=C1S/C(=C\c2ccccc2O)C(=O)N1Cc1cc(=O)oc2cc(O)ccc12. The molecule has 1 saturated heterocycles. The molecule has 2 amide bonds. The van der Waals surface area contributed by atoms with Crippen LogP contribution in [0.25, 0.3) is 17.0 Å². The van der Waals surface area contributed by atoms with Crippen LogP contribution in [0.15, 0.2) is 62.6 Å². The third kappa shape index (κ3) is 3.25. The average molecular weight is 395 g/mol. The molecule has 2 N–H and O–H groups in total. The number of carbonyl (C=O) groups is 2. The number of imide groups is 1. The number of benzene rings is 2. The van der Waals surface area contributed by atoms with Crippen LogP contribution in [0.1, 0.15) is 11.1 Å². The summed E-state index contributed by atoms with van der Waals surface area (Å²) in [6, 6.07) is 12.0. The first-order chi connectivity index (χ1) is 13.4. The number of rotatable bonds is 3. The van der Waals surface area contributed by atoms with Crippen molar-refractivity contribution in [1.82, 2.24) is 4.90 Å². The number of carbonyl (C=O) groups excluding carboxylic acids is 2. The predicted molar refractivity (Wildman–Crippen MR) is 104 cm³/mol. The van der Waals surface area contributed by atoms with E-state index in [4.69, 9.17) is 4.42 Å². The summed E-state index contributed by atoms with van der Waals surface area (Å²) >= 11 is 0.762. The van der Waals surface area contributed by atoms with Crippen LogP contribution >= 0.6 is 11.8 Å². The van der Waals surface area contributed by atoms with E-state index in [0.717, 1.165) is 16.7 Å². The zero-order valence-electron chi connectivity index (χ0n) is 14.3. The van der Waals surface area contributed by atoms with Crippen LogP contribution in [0, 0.1) is 0 Å². The molecular formula is C20H13NO6S. The Balaban J connectivity index is 1.69. The number of fused-ring (bicyclic) bond motifs is 1. The maximum absolute atomic E-state index is 12.7. The zero-order valence-corrected chi connectivity index (χ0v) is 15.1. The van der Waals surface area contributed by atoms with Crippen LogP contribution in [0.2, 0.25) is 0 Å². The Kier molecular flexibility index (Phi) is 4.40. The van der Waals surface area contributed by atoms with Crippen LogP contribution in [-0.2, 0) is 11.3 Å². The number of phenols is 2. The number of hydrogen-bond donors (Lipinski definition) is 2. The van der Waals surface area contributed by atoms with Gasteiger partial charge < -0.3 is 14.6 Å². The van der Waals surface area contributed by atoms with E-state index in [0.29, 0.717) is 16.5 Å². The minimum Gasteiger partial charge on any atom is -0.508 e. The summed E-state index contributed by atoms with van der Waals surface area (Å²) < 4.78 is 5.07. The quantitative estimate of drug-likeness (QED) is 0.516. The van der Waals surface area contributed by atoms with Gasteiger partial charge in [0.25, 0.3) is 11.1 Å². The van der Waals surface area contributed by atoms with Crippen molar-refractivity contribution in [3.63, 3.8) is 0 Å². The molecule has 140 valence electrons. The van der Waals surface area contributed by atoms with E-state index in [1.165, 1.54) is 30.3 Å². The van der Waals surface area contributed by atoms with Crippen LogP contribution < -0.4 is 5.63 Å². The van der Waals surface area contributed by atoms with E-state index in [2.05, 4.69) is 0 Å². The van der Waals surface area contributed by atoms with Crippen molar-refractivity contribution in [2.24, 2.45) is 0 Å². The normalized spacial score (nSPS) is 15.7. The molecule has 1 aliphatic rings. The van der Waals surface area contributed by atoms with Crippen LogP contribution in [0.5, 0.6) is 11.5 Å². The van der Waals surface area contributed by atoms with Gasteiger partial charge in [-0.05, 0) is 41.6 Å². The molecule has 0 atom stereocenters. The van der Waals surface area contributed by atoms with Gasteiger partial charge in [-0.3, -0.25) is 14.5 Å². The van der Waals surface area contributed by atoms with Gasteiger partial charge in [0.05, 0.1) is 11.4 Å². The van der Waals surface area contributed by atoms with Crippen LogP contribution in [0.4, 0.5) is 4.79 Å². The molecule has 0 unspecified atom stereocenters. The van der Waals surface area contributed by atoms with Gasteiger partial charge in [-0.2, -0.15) is 0 Å². The summed E-state index contributed by atoms with van der Waals surface area (Å²) in [6.07, 6.45) is 1.45. The first-order valence-corrected chi connectivity index (χ1v) is 9.03. The Morgan fingerprint density at radius 2 is 1.82 bits per heavy atom. The summed E-state index contributed by atoms with van der Waals surface area (Å²) in [7, 11) is 0. The molecular weight excluding hydrogens is 382 g/mol. The van der Waals surface area contributed by atoms with E-state index in [9.17, 15) is 24.6 Å². The summed E-state index contributed by atoms with van der Waals surface area (Å²) in [5.41, 5.74) is 0.371. The van der Waals surface area contributed by atoms with Gasteiger partial charge in [-0.15, -0.1) is 0 Å². The lowest BCUT2D eigenvalue weighted by Crippen LogP contribution is -2.28. The standard InChI is InChI=1S/C20H13NO6S/c22-13-5-6-14-12(8-18(24)27-16(14)9-13)10-21-19(25)17(28-20(21)26)7-11-3-1-2-4-15(11)23/h1-9,22-23H,10H2/b17-7-. The highest BCUT2D eigenvalue weighted by Gasteiger charge is 2.35. The van der Waals surface area contributed by atoms with Crippen molar-refractivity contribution in [1.29, 1.82) is 0 Å². The van der Waals surface area contributed by atoms with Crippen LogP contribution in [-0.4, -0.2) is 26.3 Å². The first-order valence-electron chi connectivity index (χ1n) is 8.21. The molecule has 0 spiro atoms. The second kappa shape index (κ2) is 6.90. The minimum absolute atomic E-state index is 0.000711. The van der Waals surface area contributed by atoms with Gasteiger partial charge in [-0.1, -0.05) is 18.2 Å². The molecule has 7 nitrogen and oxygen atoms in total. The second-order valence-electron chi connectivity index (χ2n) is 6.10. The zero-order chi connectivity index (χ0) is 19.8. The summed E-state index contributed by atoms with van der Waals surface area (Å²) in [5.74, 6) is -0.580. The fourth-order valence-electron chi connectivity index (χ4n) is 2.91. The topological polar surface area (TPSA) is 108 Å². The maximum atomic E-state index is 12.7. The molecule has 3 aromatic rings. The molecule has 4 rings (SSSR count). The number of thioether (sulfide) groups is 1. The van der Waals surface area contributed by atoms with E-state index >= 15 is 0 Å². The molecule has 2 heterocycles. The van der Waals surface area contributed by atoms with Gasteiger partial charge in [0.1, 0.15) is 17.1 Å². The Bertz CT molecular complexity index is 1210. The van der Waals surface area contributed by atoms with Gasteiger partial charge in [0.2, 0.25) is 0 Å². The van der Waals surface area contributed by atoms with E-state index in [1.807, 2.05) is 0 Å². The highest BCUT2D eigenvalue weighted by atomic mass is 32.2. The highest BCUT2D eigenvalue weighted by Crippen LogP contribution is 2.35. The summed E-state index contributed by atoms with van der Waals surface area (Å²) in [6.45, 7) is -0.115. The lowest BCUT2D eigenvalue weighted by atomic mass is 10.1. The Labute approximate surface area is 162 Å². The Hall–Kier alpha value is -3.52. The molecule has 1 aromatic heterocycles. The lowest BCUT2D eigenvalue weighted by Gasteiger charge is -2.13. The van der Waals surface area contributed by atoms with Crippen molar-refractivity contribution in [3.8, 4) is 11.5 Å². The summed E-state index contributed by atoms with van der Waals surface area (Å²) in [4.78, 5) is 38.1.